The Labute approximate surface area is 228 Å². The molecule has 0 aromatic carbocycles. The highest BCUT2D eigenvalue weighted by Gasteiger charge is 2.10. The summed E-state index contributed by atoms with van der Waals surface area (Å²) in [4.78, 5) is 20.6. The number of hydrogen-bond donors (Lipinski definition) is 0. The number of methoxy groups -OCH3 is 2. The van der Waals surface area contributed by atoms with E-state index in [1.165, 1.54) is 103 Å². The lowest BCUT2D eigenvalue weighted by Crippen LogP contribution is -2.22. The van der Waals surface area contributed by atoms with Gasteiger partial charge in [0.05, 0.1) is 0 Å². The van der Waals surface area contributed by atoms with E-state index in [9.17, 15) is 9.59 Å². The first-order chi connectivity index (χ1) is 18.3. The fourth-order valence-electron chi connectivity index (χ4n) is 4.36. The van der Waals surface area contributed by atoms with Crippen LogP contribution in [0.1, 0.15) is 141 Å². The smallest absolute Gasteiger partial charge is 0.179 e. The second-order valence-corrected chi connectivity index (χ2v) is 10.1. The van der Waals surface area contributed by atoms with Crippen molar-refractivity contribution in [2.75, 3.05) is 14.2 Å². The van der Waals surface area contributed by atoms with Gasteiger partial charge in [-0.25, -0.2) is 0 Å². The Kier molecular flexibility index (Phi) is 29.8. The van der Waals surface area contributed by atoms with Gasteiger partial charge in [0.2, 0.25) is 0 Å². The standard InChI is InChI=1S/C32H58O5/c1-35-31(27-23-19-15-11-7-3-5-9-13-17-21-25-29-33)37-32(36-2)28-24-20-16-12-8-4-6-10-14-18-22-26-30-34/h23-24,27-32H,3-22,25-26H2,1-2H3. The van der Waals surface area contributed by atoms with Crippen molar-refractivity contribution in [3.63, 3.8) is 0 Å². The monoisotopic (exact) mass is 522 g/mol. The third kappa shape index (κ3) is 27.5. The molecule has 216 valence electrons. The van der Waals surface area contributed by atoms with Crippen molar-refractivity contribution in [3.8, 4) is 0 Å². The van der Waals surface area contributed by atoms with Gasteiger partial charge in [-0.05, 0) is 50.7 Å². The molecule has 2 atom stereocenters. The molecule has 0 amide bonds. The normalized spacial score (nSPS) is 13.5. The van der Waals surface area contributed by atoms with Crippen LogP contribution in [0.5, 0.6) is 0 Å². The zero-order chi connectivity index (χ0) is 27.1. The van der Waals surface area contributed by atoms with Crippen LogP contribution in [0.3, 0.4) is 0 Å². The van der Waals surface area contributed by atoms with Crippen LogP contribution < -0.4 is 0 Å². The molecule has 2 unspecified atom stereocenters. The Morgan fingerprint density at radius 3 is 0.973 bits per heavy atom. The Morgan fingerprint density at radius 1 is 0.432 bits per heavy atom. The Balaban J connectivity index is 3.72. The van der Waals surface area contributed by atoms with Crippen molar-refractivity contribution in [1.29, 1.82) is 0 Å². The molecule has 0 heterocycles. The van der Waals surface area contributed by atoms with Gasteiger partial charge in [-0.15, -0.1) is 0 Å². The van der Waals surface area contributed by atoms with Crippen LogP contribution >= 0.6 is 0 Å². The van der Waals surface area contributed by atoms with Gasteiger partial charge in [0.25, 0.3) is 0 Å². The van der Waals surface area contributed by atoms with Crippen molar-refractivity contribution in [2.24, 2.45) is 0 Å². The largest absolute Gasteiger partial charge is 0.352 e. The van der Waals surface area contributed by atoms with Gasteiger partial charge in [0, 0.05) is 27.1 Å². The van der Waals surface area contributed by atoms with E-state index in [1.54, 1.807) is 14.2 Å². The molecule has 0 spiro atoms. The van der Waals surface area contributed by atoms with E-state index in [1.807, 2.05) is 12.2 Å². The predicted molar refractivity (Wildman–Crippen MR) is 155 cm³/mol. The van der Waals surface area contributed by atoms with Crippen LogP contribution in [-0.2, 0) is 23.8 Å². The summed E-state index contributed by atoms with van der Waals surface area (Å²) in [5, 5.41) is 0. The van der Waals surface area contributed by atoms with Crippen LogP contribution in [0.4, 0.5) is 0 Å². The number of allylic oxidation sites excluding steroid dienone is 2. The summed E-state index contributed by atoms with van der Waals surface area (Å²) in [5.74, 6) is 0. The maximum Gasteiger partial charge on any atom is 0.179 e. The molecule has 0 aliphatic rings. The zero-order valence-corrected chi connectivity index (χ0v) is 24.2. The summed E-state index contributed by atoms with van der Waals surface area (Å²) in [6, 6.07) is 0. The van der Waals surface area contributed by atoms with E-state index in [0.29, 0.717) is 0 Å². The minimum Gasteiger partial charge on any atom is -0.352 e. The van der Waals surface area contributed by atoms with Crippen molar-refractivity contribution in [3.05, 3.63) is 24.3 Å². The maximum absolute atomic E-state index is 10.3. The highest BCUT2D eigenvalue weighted by Crippen LogP contribution is 2.13. The van der Waals surface area contributed by atoms with Crippen LogP contribution in [-0.4, -0.2) is 39.4 Å². The highest BCUT2D eigenvalue weighted by molar-refractivity contribution is 5.49. The lowest BCUT2D eigenvalue weighted by Gasteiger charge is -2.18. The molecule has 0 bridgehead atoms. The fourth-order valence-corrected chi connectivity index (χ4v) is 4.36. The molecule has 0 aliphatic heterocycles. The SMILES string of the molecule is COC(C=CCCCCCCCCCCCC=O)OC(C=CCCCCCCCCCCCC=O)OC. The molecule has 0 aromatic rings. The fraction of sp³-hybridized carbons (Fsp3) is 0.812. The predicted octanol–water partition coefficient (Wildman–Crippen LogP) is 9.04. The van der Waals surface area contributed by atoms with Gasteiger partial charge in [0.15, 0.2) is 12.6 Å². The van der Waals surface area contributed by atoms with Crippen LogP contribution in [0.15, 0.2) is 24.3 Å². The third-order valence-electron chi connectivity index (χ3n) is 6.70. The average molecular weight is 523 g/mol. The molecule has 0 N–H and O–H groups in total. The van der Waals surface area contributed by atoms with Gasteiger partial charge >= 0.3 is 0 Å². The molecule has 0 aliphatic carbocycles. The number of hydrogen-bond acceptors (Lipinski definition) is 5. The van der Waals surface area contributed by atoms with Gasteiger partial charge in [-0.1, -0.05) is 102 Å². The van der Waals surface area contributed by atoms with Gasteiger partial charge < -0.3 is 23.8 Å². The second-order valence-electron chi connectivity index (χ2n) is 10.1. The first kappa shape index (κ1) is 35.7. The number of unbranched alkanes of at least 4 members (excludes halogenated alkanes) is 20. The van der Waals surface area contributed by atoms with E-state index >= 15 is 0 Å². The van der Waals surface area contributed by atoms with E-state index in [-0.39, 0.29) is 0 Å². The van der Waals surface area contributed by atoms with Crippen LogP contribution in [0.2, 0.25) is 0 Å². The highest BCUT2D eigenvalue weighted by atomic mass is 16.8. The second kappa shape index (κ2) is 30.9. The van der Waals surface area contributed by atoms with Crippen molar-refractivity contribution < 1.29 is 23.8 Å². The van der Waals surface area contributed by atoms with Gasteiger partial charge in [-0.3, -0.25) is 0 Å². The first-order valence-electron chi connectivity index (χ1n) is 15.2. The van der Waals surface area contributed by atoms with Crippen molar-refractivity contribution >= 4 is 12.6 Å². The Hall–Kier alpha value is -1.30. The number of rotatable bonds is 30. The Bertz CT molecular complexity index is 485. The van der Waals surface area contributed by atoms with Gasteiger partial charge in [0.1, 0.15) is 12.6 Å². The van der Waals surface area contributed by atoms with E-state index in [4.69, 9.17) is 14.2 Å². The molecule has 0 aromatic heterocycles. The lowest BCUT2D eigenvalue weighted by molar-refractivity contribution is -0.188. The van der Waals surface area contributed by atoms with Crippen molar-refractivity contribution in [1.82, 2.24) is 0 Å². The minimum atomic E-state index is -0.396. The molecule has 37 heavy (non-hydrogen) atoms. The molecular formula is C32H58O5. The summed E-state index contributed by atoms with van der Waals surface area (Å²) in [6.07, 6.45) is 35.5. The molecule has 0 rings (SSSR count). The molecule has 5 nitrogen and oxygen atoms in total. The molecule has 0 saturated heterocycles. The average Bonchev–Trinajstić information content (AvgIpc) is 2.92. The summed E-state index contributed by atoms with van der Waals surface area (Å²) >= 11 is 0. The molecule has 0 radical (unpaired) electrons. The molecule has 5 heteroatoms. The Morgan fingerprint density at radius 2 is 0.703 bits per heavy atom. The van der Waals surface area contributed by atoms with Crippen molar-refractivity contribution in [2.45, 2.75) is 154 Å². The zero-order valence-electron chi connectivity index (χ0n) is 24.2. The maximum atomic E-state index is 10.3. The van der Waals surface area contributed by atoms with E-state index in [2.05, 4.69) is 12.2 Å². The van der Waals surface area contributed by atoms with Crippen LogP contribution in [0, 0.1) is 0 Å². The van der Waals surface area contributed by atoms with Gasteiger partial charge in [-0.2, -0.15) is 0 Å². The van der Waals surface area contributed by atoms with E-state index in [0.717, 1.165) is 51.1 Å². The molecule has 0 fully saturated rings. The quantitative estimate of drug-likeness (QED) is 0.0407. The third-order valence-corrected chi connectivity index (χ3v) is 6.70. The summed E-state index contributed by atoms with van der Waals surface area (Å²) < 4.78 is 16.8. The molecule has 0 saturated carbocycles. The lowest BCUT2D eigenvalue weighted by atomic mass is 10.1. The first-order valence-corrected chi connectivity index (χ1v) is 15.2. The summed E-state index contributed by atoms with van der Waals surface area (Å²) in [5.41, 5.74) is 0. The number of carbonyl (C=O) groups is 2. The van der Waals surface area contributed by atoms with Crippen LogP contribution in [0.25, 0.3) is 0 Å². The number of ether oxygens (including phenoxy) is 3. The molecular weight excluding hydrogens is 464 g/mol. The summed E-state index contributed by atoms with van der Waals surface area (Å²) in [7, 11) is 3.32. The topological polar surface area (TPSA) is 61.8 Å². The minimum absolute atomic E-state index is 0.396. The number of aldehydes is 2. The summed E-state index contributed by atoms with van der Waals surface area (Å²) in [6.45, 7) is 0. The number of carbonyl (C=O) groups excluding carboxylic acids is 2. The van der Waals surface area contributed by atoms with E-state index < -0.39 is 12.6 Å².